The average molecular weight is 269 g/mol. The van der Waals surface area contributed by atoms with E-state index in [0.29, 0.717) is 0 Å². The lowest BCUT2D eigenvalue weighted by atomic mass is 9.95. The highest BCUT2D eigenvalue weighted by atomic mass is 35.5. The Hall–Kier alpha value is -1.43. The van der Waals surface area contributed by atoms with E-state index < -0.39 is 24.5 Å². The van der Waals surface area contributed by atoms with Gasteiger partial charge in [0.15, 0.2) is 0 Å². The van der Waals surface area contributed by atoms with E-state index in [4.69, 9.17) is 21.8 Å². The van der Waals surface area contributed by atoms with Crippen LogP contribution in [-0.2, 0) is 4.79 Å². The van der Waals surface area contributed by atoms with Crippen LogP contribution in [0.25, 0.3) is 0 Å². The number of halogens is 4. The summed E-state index contributed by atoms with van der Waals surface area (Å²) in [6.45, 7) is 0. The lowest BCUT2D eigenvalue weighted by Crippen LogP contribution is -2.23. The molecule has 1 aromatic carbocycles. The summed E-state index contributed by atoms with van der Waals surface area (Å²) < 4.78 is 38.0. The molecule has 1 rings (SSSR count). The van der Waals surface area contributed by atoms with E-state index >= 15 is 0 Å². The number of hydrogen-bond acceptors (Lipinski definition) is 2. The maximum Gasteiger partial charge on any atom is 0.396 e. The third-order valence-electron chi connectivity index (χ3n) is 2.13. The average Bonchev–Trinajstić information content (AvgIpc) is 2.13. The molecule has 0 saturated carbocycles. The normalized spacial score (nSPS) is 13.4. The van der Waals surface area contributed by atoms with Gasteiger partial charge in [0.2, 0.25) is 0 Å². The Labute approximate surface area is 99.4 Å². The molecule has 0 bridgehead atoms. The third kappa shape index (κ3) is 3.52. The first-order valence-electron chi connectivity index (χ1n) is 4.48. The van der Waals surface area contributed by atoms with Crippen LogP contribution < -0.4 is 0 Å². The van der Waals surface area contributed by atoms with Gasteiger partial charge in [-0.05, 0) is 17.7 Å². The molecule has 17 heavy (non-hydrogen) atoms. The molecule has 0 amide bonds. The number of carboxylic acids is 1. The van der Waals surface area contributed by atoms with Gasteiger partial charge in [-0.3, -0.25) is 4.79 Å². The van der Waals surface area contributed by atoms with Crippen molar-refractivity contribution in [3.05, 3.63) is 28.8 Å². The fourth-order valence-corrected chi connectivity index (χ4v) is 1.68. The van der Waals surface area contributed by atoms with Crippen molar-refractivity contribution >= 4 is 17.6 Å². The number of rotatable bonds is 3. The van der Waals surface area contributed by atoms with Crippen LogP contribution in [0.4, 0.5) is 13.2 Å². The van der Waals surface area contributed by atoms with Gasteiger partial charge >= 0.3 is 12.1 Å². The Morgan fingerprint density at radius 3 is 2.41 bits per heavy atom. The molecule has 0 fully saturated rings. The number of phenols is 1. The van der Waals surface area contributed by atoms with Crippen molar-refractivity contribution in [3.8, 4) is 5.75 Å². The lowest BCUT2D eigenvalue weighted by molar-refractivity contribution is -0.163. The molecule has 2 N–H and O–H groups in total. The molecule has 1 unspecified atom stereocenters. The standard InChI is InChI=1S/C10H8ClF3O3/c11-8-3-5(15)1-2-6(8)7(4-9(16)17)10(12,13)14/h1-3,7,15H,4H2,(H,16,17). The first-order chi connectivity index (χ1) is 7.71. The number of carbonyl (C=O) groups is 1. The van der Waals surface area contributed by atoms with E-state index in [2.05, 4.69) is 0 Å². The molecule has 0 aromatic heterocycles. The van der Waals surface area contributed by atoms with E-state index in [1.54, 1.807) is 0 Å². The zero-order chi connectivity index (χ0) is 13.2. The fraction of sp³-hybridized carbons (Fsp3) is 0.300. The molecular weight excluding hydrogens is 261 g/mol. The van der Waals surface area contributed by atoms with Crippen LogP contribution in [0.1, 0.15) is 17.9 Å². The topological polar surface area (TPSA) is 57.5 Å². The summed E-state index contributed by atoms with van der Waals surface area (Å²) in [5.74, 6) is -4.04. The van der Waals surface area contributed by atoms with Gasteiger partial charge in [0, 0.05) is 5.02 Å². The van der Waals surface area contributed by atoms with Crippen LogP contribution in [-0.4, -0.2) is 22.4 Å². The number of benzene rings is 1. The number of aromatic hydroxyl groups is 1. The minimum atomic E-state index is -4.71. The van der Waals surface area contributed by atoms with Gasteiger partial charge in [-0.1, -0.05) is 17.7 Å². The molecular formula is C10H8ClF3O3. The number of carboxylic acid groups (broad SMARTS) is 1. The second kappa shape index (κ2) is 4.83. The molecule has 0 spiro atoms. The zero-order valence-corrected chi connectivity index (χ0v) is 9.09. The summed E-state index contributed by atoms with van der Waals surface area (Å²) in [5.41, 5.74) is -0.362. The van der Waals surface area contributed by atoms with Crippen LogP contribution in [0.5, 0.6) is 5.75 Å². The number of phenolic OH excluding ortho intramolecular Hbond substituents is 1. The van der Waals surface area contributed by atoms with Gasteiger partial charge in [0.1, 0.15) is 5.75 Å². The quantitative estimate of drug-likeness (QED) is 0.885. The Morgan fingerprint density at radius 2 is 2.00 bits per heavy atom. The predicted octanol–water partition coefficient (Wildman–Crippen LogP) is 3.17. The summed E-state index contributed by atoms with van der Waals surface area (Å²) in [6, 6.07) is 2.94. The molecule has 7 heteroatoms. The van der Waals surface area contributed by atoms with Crippen molar-refractivity contribution in [3.63, 3.8) is 0 Å². The van der Waals surface area contributed by atoms with E-state index in [1.165, 1.54) is 0 Å². The molecule has 1 aromatic rings. The van der Waals surface area contributed by atoms with Crippen LogP contribution in [0.3, 0.4) is 0 Å². The minimum absolute atomic E-state index is 0.282. The lowest BCUT2D eigenvalue weighted by Gasteiger charge is -2.20. The summed E-state index contributed by atoms with van der Waals surface area (Å²) in [7, 11) is 0. The van der Waals surface area contributed by atoms with E-state index in [1.807, 2.05) is 0 Å². The van der Waals surface area contributed by atoms with Gasteiger partial charge in [0.25, 0.3) is 0 Å². The smallest absolute Gasteiger partial charge is 0.396 e. The van der Waals surface area contributed by atoms with Crippen LogP contribution in [0.15, 0.2) is 18.2 Å². The van der Waals surface area contributed by atoms with E-state index in [0.717, 1.165) is 18.2 Å². The Balaban J connectivity index is 3.17. The van der Waals surface area contributed by atoms with Gasteiger partial charge in [0.05, 0.1) is 12.3 Å². The molecule has 0 heterocycles. The van der Waals surface area contributed by atoms with Crippen molar-refractivity contribution in [1.82, 2.24) is 0 Å². The maximum absolute atomic E-state index is 12.7. The van der Waals surface area contributed by atoms with Gasteiger partial charge in [-0.25, -0.2) is 0 Å². The summed E-state index contributed by atoms with van der Waals surface area (Å²) in [5, 5.41) is 17.2. The largest absolute Gasteiger partial charge is 0.508 e. The van der Waals surface area contributed by atoms with Gasteiger partial charge < -0.3 is 10.2 Å². The first-order valence-corrected chi connectivity index (χ1v) is 4.86. The van der Waals surface area contributed by atoms with Crippen LogP contribution in [0, 0.1) is 0 Å². The van der Waals surface area contributed by atoms with Crippen LogP contribution >= 0.6 is 11.6 Å². The molecule has 0 radical (unpaired) electrons. The molecule has 0 aliphatic carbocycles. The Morgan fingerprint density at radius 1 is 1.41 bits per heavy atom. The molecule has 1 atom stereocenters. The van der Waals surface area contributed by atoms with Crippen molar-refractivity contribution in [1.29, 1.82) is 0 Å². The third-order valence-corrected chi connectivity index (χ3v) is 2.46. The highest BCUT2D eigenvalue weighted by Gasteiger charge is 2.43. The fourth-order valence-electron chi connectivity index (χ4n) is 1.38. The summed E-state index contributed by atoms with van der Waals surface area (Å²) in [4.78, 5) is 10.4. The number of hydrogen-bond donors (Lipinski definition) is 2. The van der Waals surface area contributed by atoms with E-state index in [-0.39, 0.29) is 16.3 Å². The van der Waals surface area contributed by atoms with Crippen molar-refractivity contribution in [2.24, 2.45) is 0 Å². The SMILES string of the molecule is O=C(O)CC(c1ccc(O)cc1Cl)C(F)(F)F. The van der Waals surface area contributed by atoms with Crippen LogP contribution in [0.2, 0.25) is 5.02 Å². The maximum atomic E-state index is 12.7. The highest BCUT2D eigenvalue weighted by Crippen LogP contribution is 2.41. The number of aliphatic carboxylic acids is 1. The highest BCUT2D eigenvalue weighted by molar-refractivity contribution is 6.31. The summed E-state index contributed by atoms with van der Waals surface area (Å²) in [6.07, 6.45) is -5.81. The van der Waals surface area contributed by atoms with Crippen molar-refractivity contribution in [2.45, 2.75) is 18.5 Å². The molecule has 94 valence electrons. The number of alkyl halides is 3. The molecule has 3 nitrogen and oxygen atoms in total. The van der Waals surface area contributed by atoms with Crippen molar-refractivity contribution < 1.29 is 28.2 Å². The molecule has 0 aliphatic heterocycles. The van der Waals surface area contributed by atoms with Gasteiger partial charge in [-0.2, -0.15) is 13.2 Å². The second-order valence-corrected chi connectivity index (χ2v) is 3.81. The van der Waals surface area contributed by atoms with E-state index in [9.17, 15) is 18.0 Å². The minimum Gasteiger partial charge on any atom is -0.508 e. The second-order valence-electron chi connectivity index (χ2n) is 3.40. The monoisotopic (exact) mass is 268 g/mol. The predicted molar refractivity (Wildman–Crippen MR) is 54.2 cm³/mol. The Kier molecular flexibility index (Phi) is 3.87. The summed E-state index contributed by atoms with van der Waals surface area (Å²) >= 11 is 5.56. The van der Waals surface area contributed by atoms with Crippen molar-refractivity contribution in [2.75, 3.05) is 0 Å². The zero-order valence-electron chi connectivity index (χ0n) is 8.33. The molecule has 0 saturated heterocycles. The Bertz CT molecular complexity index is 431. The first kappa shape index (κ1) is 13.6. The van der Waals surface area contributed by atoms with Gasteiger partial charge in [-0.15, -0.1) is 0 Å². The molecule has 0 aliphatic rings.